The van der Waals surface area contributed by atoms with Crippen molar-refractivity contribution in [2.24, 2.45) is 0 Å². The number of nitrogens with zero attached hydrogens (tertiary/aromatic N) is 4. The van der Waals surface area contributed by atoms with E-state index in [2.05, 4.69) is 19.5 Å². The van der Waals surface area contributed by atoms with Crippen LogP contribution >= 0.6 is 11.3 Å². The monoisotopic (exact) mass is 547 g/mol. The number of aromatic nitrogens is 1. The van der Waals surface area contributed by atoms with Gasteiger partial charge in [-0.3, -0.25) is 9.52 Å². The third-order valence-corrected chi connectivity index (χ3v) is 9.32. The van der Waals surface area contributed by atoms with Crippen LogP contribution in [0.1, 0.15) is 27.5 Å². The van der Waals surface area contributed by atoms with Gasteiger partial charge in [-0.25, -0.2) is 17.8 Å². The van der Waals surface area contributed by atoms with E-state index in [0.29, 0.717) is 31.3 Å². The molecular formula is C26H34FN5O3S2. The summed E-state index contributed by atoms with van der Waals surface area (Å²) in [7, 11) is -3.71. The Labute approximate surface area is 223 Å². The van der Waals surface area contributed by atoms with E-state index < -0.39 is 10.0 Å². The average Bonchev–Trinajstić information content (AvgIpc) is 3.31. The molecule has 1 atom stereocenters. The van der Waals surface area contributed by atoms with E-state index in [1.165, 1.54) is 17.4 Å². The zero-order chi connectivity index (χ0) is 26.2. The van der Waals surface area contributed by atoms with E-state index in [4.69, 9.17) is 0 Å². The third-order valence-electron chi connectivity index (χ3n) is 6.97. The molecule has 2 aliphatic rings. The Morgan fingerprint density at radius 3 is 2.51 bits per heavy atom. The Morgan fingerprint density at radius 1 is 1.11 bits per heavy atom. The lowest BCUT2D eigenvalue weighted by atomic mass is 9.99. The van der Waals surface area contributed by atoms with E-state index in [1.54, 1.807) is 41.8 Å². The molecule has 1 aromatic heterocycles. The minimum Gasteiger partial charge on any atom is -0.368 e. The molecule has 1 saturated heterocycles. The van der Waals surface area contributed by atoms with Gasteiger partial charge in [-0.2, -0.15) is 0 Å². The lowest BCUT2D eigenvalue weighted by Crippen LogP contribution is -2.55. The second-order valence-electron chi connectivity index (χ2n) is 9.45. The Morgan fingerprint density at radius 2 is 1.84 bits per heavy atom. The van der Waals surface area contributed by atoms with Gasteiger partial charge in [0.15, 0.2) is 5.13 Å². The minimum atomic E-state index is -3.71. The van der Waals surface area contributed by atoms with Crippen LogP contribution in [-0.4, -0.2) is 63.0 Å². The summed E-state index contributed by atoms with van der Waals surface area (Å²) >= 11 is 1.25. The Balaban J connectivity index is 0.00000210. The summed E-state index contributed by atoms with van der Waals surface area (Å²) in [6, 6.07) is 11.3. The molecule has 200 valence electrons. The van der Waals surface area contributed by atoms with Crippen LogP contribution in [0, 0.1) is 12.7 Å². The molecule has 3 heterocycles. The molecule has 0 spiro atoms. The number of benzene rings is 2. The molecule has 2 aromatic carbocycles. The topological polar surface area (TPSA) is 85.8 Å². The van der Waals surface area contributed by atoms with Crippen LogP contribution in [0.5, 0.6) is 0 Å². The minimum absolute atomic E-state index is 0. The van der Waals surface area contributed by atoms with Gasteiger partial charge in [-0.05, 0) is 74.7 Å². The summed E-state index contributed by atoms with van der Waals surface area (Å²) in [5.74, 6) is -0.172. The summed E-state index contributed by atoms with van der Waals surface area (Å²) < 4.78 is 41.6. The average molecular weight is 548 g/mol. The molecule has 1 fully saturated rings. The first-order chi connectivity index (χ1) is 17.7. The second kappa shape index (κ2) is 10.3. The van der Waals surface area contributed by atoms with Crippen molar-refractivity contribution < 1.29 is 20.5 Å². The number of fused-ring (bicyclic) bond motifs is 1. The van der Waals surface area contributed by atoms with E-state index in [1.807, 2.05) is 18.7 Å². The summed E-state index contributed by atoms with van der Waals surface area (Å²) in [6.07, 6.45) is 1.72. The maximum atomic E-state index is 13.7. The lowest BCUT2D eigenvalue weighted by Gasteiger charge is -2.41. The summed E-state index contributed by atoms with van der Waals surface area (Å²) in [5.41, 5.74) is 3.58. The molecule has 11 heteroatoms. The van der Waals surface area contributed by atoms with Crippen molar-refractivity contribution in [1.29, 1.82) is 0 Å². The first-order valence-corrected chi connectivity index (χ1v) is 14.7. The van der Waals surface area contributed by atoms with Crippen LogP contribution in [0.3, 0.4) is 0 Å². The van der Waals surface area contributed by atoms with Gasteiger partial charge in [0.1, 0.15) is 11.9 Å². The van der Waals surface area contributed by atoms with Crippen LogP contribution < -0.4 is 14.5 Å². The van der Waals surface area contributed by atoms with Crippen LogP contribution in [0.15, 0.2) is 52.7 Å². The highest BCUT2D eigenvalue weighted by Crippen LogP contribution is 2.30. The van der Waals surface area contributed by atoms with Crippen molar-refractivity contribution in [3.05, 3.63) is 64.9 Å². The number of piperazine rings is 1. The van der Waals surface area contributed by atoms with Crippen molar-refractivity contribution >= 4 is 43.8 Å². The Hall–Kier alpha value is -3.18. The molecule has 1 N–H and O–H groups in total. The first kappa shape index (κ1) is 25.5. The molecule has 0 unspecified atom stereocenters. The van der Waals surface area contributed by atoms with Crippen molar-refractivity contribution in [3.63, 3.8) is 0 Å². The number of thiazole rings is 1. The number of halogens is 1. The van der Waals surface area contributed by atoms with Gasteiger partial charge in [0, 0.05) is 52.3 Å². The first-order valence-electron chi connectivity index (χ1n) is 12.3. The van der Waals surface area contributed by atoms with Gasteiger partial charge in [-0.15, -0.1) is 11.3 Å². The predicted octanol–water partition coefficient (Wildman–Crippen LogP) is 4.37. The number of rotatable bonds is 6. The van der Waals surface area contributed by atoms with E-state index in [9.17, 15) is 17.6 Å². The normalized spacial score (nSPS) is 16.9. The number of carbonyl (C=O) groups excluding carboxylic acids is 1. The smallest absolute Gasteiger partial charge is 0.263 e. The van der Waals surface area contributed by atoms with Gasteiger partial charge < -0.3 is 14.7 Å². The van der Waals surface area contributed by atoms with Crippen LogP contribution in [0.4, 0.5) is 20.9 Å². The molecule has 0 saturated carbocycles. The van der Waals surface area contributed by atoms with Gasteiger partial charge in [0.2, 0.25) is 5.91 Å². The molecule has 3 aromatic rings. The highest BCUT2D eigenvalue weighted by Gasteiger charge is 2.31. The molecule has 0 aliphatic carbocycles. The number of anilines is 3. The highest BCUT2D eigenvalue weighted by molar-refractivity contribution is 7.93. The quantitative estimate of drug-likeness (QED) is 0.493. The number of hydrogen-bond acceptors (Lipinski definition) is 7. The molecular weight excluding hydrogens is 513 g/mol. The third kappa shape index (κ3) is 5.42. The van der Waals surface area contributed by atoms with Crippen molar-refractivity contribution in [2.45, 2.75) is 37.6 Å². The maximum Gasteiger partial charge on any atom is 0.263 e. The molecule has 0 bridgehead atoms. The molecule has 5 rings (SSSR count). The number of amides is 1. The number of sulfonamides is 1. The predicted molar refractivity (Wildman–Crippen MR) is 149 cm³/mol. The SMILES string of the molecule is Cc1csc(NS(=O)(=O)c2ccc(N3CCN(C(=O)[C@H](C)N4CCCc5cc(F)ccc54)CC3)cc2)n1.[HH].[HH]. The number of carbonyl (C=O) groups is 1. The standard InChI is InChI=1S/C26H30FN5O3S2.2H2/c1-18-17-36-26(28-18)29-37(34,35)23-8-6-22(7-9-23)30-12-14-31(15-13-30)25(33)19(2)32-11-3-4-20-16-21(27)5-10-24(20)32;;/h5-10,16-17,19H,3-4,11-15H2,1-2H3,(H,28,29);2*1H/t19-;;/m0../s1. The van der Waals surface area contributed by atoms with E-state index in [-0.39, 0.29) is 25.5 Å². The second-order valence-corrected chi connectivity index (χ2v) is 12.0. The maximum absolute atomic E-state index is 13.7. The summed E-state index contributed by atoms with van der Waals surface area (Å²) in [5, 5.41) is 2.13. The molecule has 8 nitrogen and oxygen atoms in total. The molecule has 0 radical (unpaired) electrons. The molecule has 2 aliphatic heterocycles. The van der Waals surface area contributed by atoms with Crippen LogP contribution in [0.2, 0.25) is 0 Å². The summed E-state index contributed by atoms with van der Waals surface area (Å²) in [6.45, 7) is 6.99. The fraction of sp³-hybridized carbons (Fsp3) is 0.385. The molecule has 37 heavy (non-hydrogen) atoms. The number of hydrogen-bond donors (Lipinski definition) is 1. The van der Waals surface area contributed by atoms with Crippen molar-refractivity contribution in [1.82, 2.24) is 9.88 Å². The fourth-order valence-corrected chi connectivity index (χ4v) is 6.93. The Kier molecular flexibility index (Phi) is 7.09. The van der Waals surface area contributed by atoms with Gasteiger partial charge >= 0.3 is 0 Å². The number of aryl methyl sites for hydroxylation is 2. The van der Waals surface area contributed by atoms with Gasteiger partial charge in [-0.1, -0.05) is 0 Å². The lowest BCUT2D eigenvalue weighted by molar-refractivity contribution is -0.132. The molecule has 1 amide bonds. The van der Waals surface area contributed by atoms with Gasteiger partial charge in [0.25, 0.3) is 10.0 Å². The zero-order valence-corrected chi connectivity index (χ0v) is 22.5. The van der Waals surface area contributed by atoms with Crippen molar-refractivity contribution in [2.75, 3.05) is 47.2 Å². The van der Waals surface area contributed by atoms with Gasteiger partial charge in [0.05, 0.1) is 10.6 Å². The van der Waals surface area contributed by atoms with Crippen LogP contribution in [0.25, 0.3) is 0 Å². The van der Waals surface area contributed by atoms with E-state index >= 15 is 0 Å². The van der Waals surface area contributed by atoms with Crippen molar-refractivity contribution in [3.8, 4) is 0 Å². The number of nitrogens with one attached hydrogen (secondary N) is 1. The Bertz CT molecular complexity index is 1400. The zero-order valence-electron chi connectivity index (χ0n) is 20.9. The fourth-order valence-electron chi connectivity index (χ4n) is 4.99. The van der Waals surface area contributed by atoms with Crippen LogP contribution in [-0.2, 0) is 21.2 Å². The van der Waals surface area contributed by atoms with E-state index in [0.717, 1.165) is 42.0 Å². The highest BCUT2D eigenvalue weighted by atomic mass is 32.2. The largest absolute Gasteiger partial charge is 0.368 e. The summed E-state index contributed by atoms with van der Waals surface area (Å²) in [4.78, 5) is 23.8.